The monoisotopic (exact) mass is 503 g/mol. The molecular formula is C24H24F3N5O2S. The number of rotatable bonds is 6. The standard InChI is InChI=1S/C24H24F3N5O2S/c1-15-11-21(24(25,26)27)29-32(15)22-12-17(7-8-31(22)9-10-33)23-28-19(14-35-23)18-13-20(34-30-18)16-5-3-2-4-6-16/h2-6,10-11,14,17,20,22H,7-9,12-13H2,1H3/t17?,20-,22?/m1/s1. The number of thiazole rings is 1. The molecule has 2 aliphatic rings. The zero-order valence-corrected chi connectivity index (χ0v) is 19.8. The highest BCUT2D eigenvalue weighted by Gasteiger charge is 2.38. The van der Waals surface area contributed by atoms with E-state index in [9.17, 15) is 18.0 Å². The number of nitrogens with zero attached hydrogens (tertiary/aromatic N) is 5. The molecule has 0 spiro atoms. The molecule has 0 saturated carbocycles. The molecule has 1 fully saturated rings. The van der Waals surface area contributed by atoms with E-state index in [2.05, 4.69) is 10.3 Å². The summed E-state index contributed by atoms with van der Waals surface area (Å²) in [4.78, 5) is 23.6. The summed E-state index contributed by atoms with van der Waals surface area (Å²) in [7, 11) is 0. The topological polar surface area (TPSA) is 72.6 Å². The van der Waals surface area contributed by atoms with Gasteiger partial charge < -0.3 is 9.63 Å². The normalized spacial score (nSPS) is 23.2. The molecule has 11 heteroatoms. The maximum absolute atomic E-state index is 13.2. The van der Waals surface area contributed by atoms with Crippen molar-refractivity contribution in [3.8, 4) is 0 Å². The second kappa shape index (κ2) is 9.54. The number of aldehydes is 1. The summed E-state index contributed by atoms with van der Waals surface area (Å²) in [6, 6.07) is 10.9. The molecule has 2 unspecified atom stereocenters. The molecule has 1 aromatic carbocycles. The van der Waals surface area contributed by atoms with Gasteiger partial charge in [-0.1, -0.05) is 35.5 Å². The van der Waals surface area contributed by atoms with E-state index in [1.807, 2.05) is 40.6 Å². The average molecular weight is 504 g/mol. The first-order valence-corrected chi connectivity index (χ1v) is 12.3. The molecule has 3 atom stereocenters. The van der Waals surface area contributed by atoms with Gasteiger partial charge in [-0.2, -0.15) is 18.3 Å². The molecule has 2 aliphatic heterocycles. The highest BCUT2D eigenvalue weighted by atomic mass is 32.1. The lowest BCUT2D eigenvalue weighted by molar-refractivity contribution is -0.141. The second-order valence-corrected chi connectivity index (χ2v) is 9.68. The van der Waals surface area contributed by atoms with Gasteiger partial charge in [-0.15, -0.1) is 11.3 Å². The molecule has 0 radical (unpaired) electrons. The number of benzene rings is 1. The van der Waals surface area contributed by atoms with Gasteiger partial charge in [-0.3, -0.25) is 9.58 Å². The van der Waals surface area contributed by atoms with Gasteiger partial charge >= 0.3 is 6.18 Å². The van der Waals surface area contributed by atoms with Crippen LogP contribution in [0.1, 0.15) is 65.1 Å². The van der Waals surface area contributed by atoms with Crippen molar-refractivity contribution in [1.29, 1.82) is 0 Å². The van der Waals surface area contributed by atoms with Crippen molar-refractivity contribution in [1.82, 2.24) is 19.7 Å². The molecule has 1 saturated heterocycles. The first kappa shape index (κ1) is 23.7. The molecule has 35 heavy (non-hydrogen) atoms. The summed E-state index contributed by atoms with van der Waals surface area (Å²) in [5.41, 5.74) is 2.09. The molecule has 0 aliphatic carbocycles. The van der Waals surface area contributed by atoms with Crippen LogP contribution in [0.2, 0.25) is 0 Å². The number of piperidine rings is 1. The lowest BCUT2D eigenvalue weighted by Gasteiger charge is -2.38. The number of alkyl halides is 3. The minimum Gasteiger partial charge on any atom is -0.387 e. The molecule has 0 amide bonds. The molecule has 0 N–H and O–H groups in total. The first-order chi connectivity index (χ1) is 16.8. The Kier molecular flexibility index (Phi) is 6.45. The van der Waals surface area contributed by atoms with Crippen LogP contribution < -0.4 is 0 Å². The summed E-state index contributed by atoms with van der Waals surface area (Å²) < 4.78 is 41.1. The third-order valence-electron chi connectivity index (χ3n) is 6.49. The molecule has 4 heterocycles. The maximum atomic E-state index is 13.2. The van der Waals surface area contributed by atoms with Crippen molar-refractivity contribution in [3.05, 3.63) is 69.4 Å². The van der Waals surface area contributed by atoms with Crippen molar-refractivity contribution >= 4 is 23.3 Å². The quantitative estimate of drug-likeness (QED) is 0.437. The van der Waals surface area contributed by atoms with Crippen molar-refractivity contribution in [2.45, 2.75) is 50.6 Å². The highest BCUT2D eigenvalue weighted by Crippen LogP contribution is 2.40. The van der Waals surface area contributed by atoms with Crippen molar-refractivity contribution in [2.75, 3.05) is 13.1 Å². The molecule has 3 aromatic rings. The molecule has 0 bridgehead atoms. The van der Waals surface area contributed by atoms with E-state index in [0.29, 0.717) is 25.1 Å². The Hall–Kier alpha value is -3.05. The number of likely N-dealkylation sites (tertiary alicyclic amines) is 1. The van der Waals surface area contributed by atoms with Gasteiger partial charge in [0.25, 0.3) is 0 Å². The van der Waals surface area contributed by atoms with Crippen LogP contribution in [-0.4, -0.2) is 44.8 Å². The largest absolute Gasteiger partial charge is 0.435 e. The van der Waals surface area contributed by atoms with E-state index in [0.717, 1.165) is 40.8 Å². The van der Waals surface area contributed by atoms with Gasteiger partial charge in [0, 0.05) is 30.0 Å². The zero-order chi connectivity index (χ0) is 24.6. The Labute approximate surface area is 204 Å². The van der Waals surface area contributed by atoms with Crippen LogP contribution in [-0.2, 0) is 15.8 Å². The van der Waals surface area contributed by atoms with E-state index < -0.39 is 18.0 Å². The van der Waals surface area contributed by atoms with Crippen LogP contribution in [0.25, 0.3) is 0 Å². The van der Waals surface area contributed by atoms with Gasteiger partial charge in [-0.05, 0) is 31.4 Å². The number of aryl methyl sites for hydroxylation is 1. The van der Waals surface area contributed by atoms with Gasteiger partial charge in [-0.25, -0.2) is 4.98 Å². The number of carbonyl (C=O) groups is 1. The Morgan fingerprint density at radius 3 is 2.77 bits per heavy atom. The summed E-state index contributed by atoms with van der Waals surface area (Å²) in [5, 5.41) is 11.0. The maximum Gasteiger partial charge on any atom is 0.435 e. The summed E-state index contributed by atoms with van der Waals surface area (Å²) in [6.45, 7) is 2.30. The third-order valence-corrected chi connectivity index (χ3v) is 7.50. The van der Waals surface area contributed by atoms with Crippen molar-refractivity contribution < 1.29 is 22.8 Å². The highest BCUT2D eigenvalue weighted by molar-refractivity contribution is 7.10. The number of oxime groups is 1. The molecular weight excluding hydrogens is 479 g/mol. The fourth-order valence-electron chi connectivity index (χ4n) is 4.69. The van der Waals surface area contributed by atoms with E-state index in [-0.39, 0.29) is 18.6 Å². The van der Waals surface area contributed by atoms with Gasteiger partial charge in [0.15, 0.2) is 11.8 Å². The van der Waals surface area contributed by atoms with E-state index >= 15 is 0 Å². The second-order valence-electron chi connectivity index (χ2n) is 8.79. The number of hydrogen-bond acceptors (Lipinski definition) is 7. The number of aromatic nitrogens is 3. The number of carbonyl (C=O) groups excluding carboxylic acids is 1. The van der Waals surface area contributed by atoms with Gasteiger partial charge in [0.2, 0.25) is 0 Å². The minimum atomic E-state index is -4.52. The lowest BCUT2D eigenvalue weighted by Crippen LogP contribution is -2.41. The van der Waals surface area contributed by atoms with Crippen molar-refractivity contribution in [2.24, 2.45) is 5.16 Å². The van der Waals surface area contributed by atoms with Crippen LogP contribution in [0.4, 0.5) is 13.2 Å². The van der Waals surface area contributed by atoms with Crippen LogP contribution in [0.3, 0.4) is 0 Å². The fourth-order valence-corrected chi connectivity index (χ4v) is 5.67. The molecule has 184 valence electrons. The van der Waals surface area contributed by atoms with Crippen LogP contribution in [0.5, 0.6) is 0 Å². The smallest absolute Gasteiger partial charge is 0.387 e. The van der Waals surface area contributed by atoms with Crippen LogP contribution in [0, 0.1) is 6.92 Å². The van der Waals surface area contributed by atoms with Crippen LogP contribution in [0.15, 0.2) is 46.9 Å². The van der Waals surface area contributed by atoms with Gasteiger partial charge in [0.1, 0.15) is 18.2 Å². The zero-order valence-electron chi connectivity index (χ0n) is 19.0. The van der Waals surface area contributed by atoms with Crippen LogP contribution >= 0.6 is 11.3 Å². The Morgan fingerprint density at radius 1 is 1.26 bits per heavy atom. The van der Waals surface area contributed by atoms with E-state index in [1.165, 1.54) is 16.0 Å². The summed E-state index contributed by atoms with van der Waals surface area (Å²) in [5.74, 6) is 0.0347. The predicted molar refractivity (Wildman–Crippen MR) is 124 cm³/mol. The Morgan fingerprint density at radius 2 is 2.06 bits per heavy atom. The Balaban J connectivity index is 1.33. The number of hydrogen-bond donors (Lipinski definition) is 0. The number of halogens is 3. The molecule has 2 aromatic heterocycles. The predicted octanol–water partition coefficient (Wildman–Crippen LogP) is 5.11. The SMILES string of the molecule is Cc1cc(C(F)(F)F)nn1C1CC(c2nc(C3=NO[C@@H](c4ccccc4)C3)cs2)CCN1CC=O. The summed E-state index contributed by atoms with van der Waals surface area (Å²) in [6.07, 6.45) is -2.46. The third kappa shape index (κ3) is 4.87. The first-order valence-electron chi connectivity index (χ1n) is 11.4. The lowest BCUT2D eigenvalue weighted by atomic mass is 9.94. The van der Waals surface area contributed by atoms with Crippen molar-refractivity contribution in [3.63, 3.8) is 0 Å². The molecule has 5 rings (SSSR count). The van der Waals surface area contributed by atoms with E-state index in [1.54, 1.807) is 6.92 Å². The minimum absolute atomic E-state index is 0.0347. The van der Waals surface area contributed by atoms with Gasteiger partial charge in [0.05, 0.1) is 17.2 Å². The Bertz CT molecular complexity index is 1220. The van der Waals surface area contributed by atoms with E-state index in [4.69, 9.17) is 9.82 Å². The fraction of sp³-hybridized carbons (Fsp3) is 0.417. The average Bonchev–Trinajstić information content (AvgIpc) is 3.59. The molecule has 7 nitrogen and oxygen atoms in total. The summed E-state index contributed by atoms with van der Waals surface area (Å²) >= 11 is 1.52.